The zero-order chi connectivity index (χ0) is 24.5. The van der Waals surface area contributed by atoms with E-state index in [1.54, 1.807) is 19.8 Å². The van der Waals surface area contributed by atoms with Crippen molar-refractivity contribution in [2.75, 3.05) is 27.4 Å². The van der Waals surface area contributed by atoms with Crippen molar-refractivity contribution < 1.29 is 9.47 Å². The molecule has 35 heavy (non-hydrogen) atoms. The van der Waals surface area contributed by atoms with E-state index < -0.39 is 0 Å². The lowest BCUT2D eigenvalue weighted by atomic mass is 9.68. The summed E-state index contributed by atoms with van der Waals surface area (Å²) in [7, 11) is 3.55. The third kappa shape index (κ3) is 7.56. The average Bonchev–Trinajstić information content (AvgIpc) is 2.89. The van der Waals surface area contributed by atoms with Gasteiger partial charge in [-0.1, -0.05) is 81.8 Å². The van der Waals surface area contributed by atoms with E-state index >= 15 is 0 Å². The number of hydrogen-bond acceptors (Lipinski definition) is 2. The minimum Gasteiger partial charge on any atom is -0.384 e. The van der Waals surface area contributed by atoms with E-state index in [0.717, 1.165) is 43.3 Å². The summed E-state index contributed by atoms with van der Waals surface area (Å²) >= 11 is 0. The fourth-order valence-electron chi connectivity index (χ4n) is 7.22. The molecule has 2 aliphatic rings. The maximum Gasteiger partial charge on any atom is 0.0515 e. The van der Waals surface area contributed by atoms with Gasteiger partial charge in [0.15, 0.2) is 0 Å². The first-order valence-electron chi connectivity index (χ1n) is 14.7. The zero-order valence-electron chi connectivity index (χ0n) is 22.8. The lowest BCUT2D eigenvalue weighted by Gasteiger charge is -2.38. The topological polar surface area (TPSA) is 18.5 Å². The van der Waals surface area contributed by atoms with Gasteiger partial charge < -0.3 is 9.47 Å². The molecule has 0 spiro atoms. The van der Waals surface area contributed by atoms with Crippen molar-refractivity contribution in [1.82, 2.24) is 0 Å². The van der Waals surface area contributed by atoms with Crippen LogP contribution in [0.2, 0.25) is 0 Å². The fraction of sp³-hybridized carbons (Fsp3) is 0.697. The second-order valence-electron chi connectivity index (χ2n) is 11.8. The molecule has 2 heteroatoms. The van der Waals surface area contributed by atoms with Gasteiger partial charge in [-0.3, -0.25) is 0 Å². The number of unbranched alkanes of at least 4 members (excludes halogenated alkanes) is 2. The van der Waals surface area contributed by atoms with Crippen LogP contribution < -0.4 is 0 Å². The highest BCUT2D eigenvalue weighted by Crippen LogP contribution is 2.44. The number of benzene rings is 2. The Morgan fingerprint density at radius 2 is 1.37 bits per heavy atom. The van der Waals surface area contributed by atoms with Gasteiger partial charge in [0, 0.05) is 20.1 Å². The van der Waals surface area contributed by atoms with Gasteiger partial charge in [-0.25, -0.2) is 0 Å². The van der Waals surface area contributed by atoms with E-state index in [4.69, 9.17) is 9.47 Å². The summed E-state index contributed by atoms with van der Waals surface area (Å²) in [5.74, 6) is 4.23. The molecule has 2 aliphatic carbocycles. The van der Waals surface area contributed by atoms with Crippen molar-refractivity contribution in [2.24, 2.45) is 23.7 Å². The van der Waals surface area contributed by atoms with Gasteiger partial charge in [0.2, 0.25) is 0 Å². The van der Waals surface area contributed by atoms with Crippen LogP contribution in [0.4, 0.5) is 0 Å². The first-order chi connectivity index (χ1) is 17.2. The molecule has 0 N–H and O–H groups in total. The number of fused-ring (bicyclic) bond motifs is 1. The summed E-state index contributed by atoms with van der Waals surface area (Å²) in [6, 6.07) is 14.3. The zero-order valence-corrected chi connectivity index (χ0v) is 22.8. The minimum atomic E-state index is 0.410. The maximum absolute atomic E-state index is 5.39. The molecule has 2 fully saturated rings. The predicted molar refractivity (Wildman–Crippen MR) is 149 cm³/mol. The molecule has 0 atom stereocenters. The number of hydrogen-bond donors (Lipinski definition) is 0. The average molecular weight is 479 g/mol. The molecule has 194 valence electrons. The van der Waals surface area contributed by atoms with Crippen LogP contribution in [0.25, 0.3) is 10.8 Å². The monoisotopic (exact) mass is 478 g/mol. The predicted octanol–water partition coefficient (Wildman–Crippen LogP) is 8.95. The van der Waals surface area contributed by atoms with E-state index in [0.29, 0.717) is 5.92 Å². The van der Waals surface area contributed by atoms with Crippen LogP contribution in [-0.2, 0) is 15.9 Å². The van der Waals surface area contributed by atoms with Crippen LogP contribution in [-0.4, -0.2) is 27.4 Å². The van der Waals surface area contributed by atoms with Crippen LogP contribution in [0.15, 0.2) is 36.4 Å². The summed E-state index contributed by atoms with van der Waals surface area (Å²) in [6.45, 7) is 3.81. The molecule has 0 aromatic heterocycles. The van der Waals surface area contributed by atoms with E-state index in [1.165, 1.54) is 93.4 Å². The number of methoxy groups -OCH3 is 2. The summed E-state index contributed by atoms with van der Waals surface area (Å²) < 4.78 is 10.8. The van der Waals surface area contributed by atoms with Crippen LogP contribution in [0.5, 0.6) is 0 Å². The van der Waals surface area contributed by atoms with Gasteiger partial charge in [0.25, 0.3) is 0 Å². The first kappa shape index (κ1) is 26.7. The molecule has 0 heterocycles. The lowest BCUT2D eigenvalue weighted by Crippen LogP contribution is -2.25. The minimum absolute atomic E-state index is 0.410. The molecule has 2 aromatic carbocycles. The number of ether oxygens (including phenoxy) is 2. The molecule has 2 nitrogen and oxygen atoms in total. The van der Waals surface area contributed by atoms with Crippen molar-refractivity contribution in [2.45, 2.75) is 96.3 Å². The van der Waals surface area contributed by atoms with Gasteiger partial charge in [-0.2, -0.15) is 0 Å². The Morgan fingerprint density at radius 1 is 0.743 bits per heavy atom. The second-order valence-corrected chi connectivity index (χ2v) is 11.8. The summed E-state index contributed by atoms with van der Waals surface area (Å²) in [6.07, 6.45) is 18.5. The quantitative estimate of drug-likeness (QED) is 0.283. The summed E-state index contributed by atoms with van der Waals surface area (Å²) in [5.41, 5.74) is 2.95. The van der Waals surface area contributed by atoms with E-state index in [2.05, 4.69) is 43.3 Å². The third-order valence-corrected chi connectivity index (χ3v) is 9.28. The van der Waals surface area contributed by atoms with Crippen molar-refractivity contribution in [1.29, 1.82) is 0 Å². The molecule has 0 saturated heterocycles. The largest absolute Gasteiger partial charge is 0.384 e. The van der Waals surface area contributed by atoms with E-state index in [9.17, 15) is 0 Å². The van der Waals surface area contributed by atoms with Crippen molar-refractivity contribution >= 4 is 10.8 Å². The standard InChI is InChI=1S/C33H50O2/c1-4-5-6-7-25-8-11-28(12-9-25)29-14-16-30(17-15-29)32-19-18-31-21-26(10-13-33(31)22-32)20-27(23-34-2)24-35-3/h10,13,18-19,21-22,25,27-30H,4-9,11-12,14-17,20,23-24H2,1-3H3. The summed E-state index contributed by atoms with van der Waals surface area (Å²) in [5, 5.41) is 2.76. The number of rotatable bonds is 12. The highest BCUT2D eigenvalue weighted by molar-refractivity contribution is 5.84. The molecule has 2 saturated carbocycles. The Balaban J connectivity index is 1.28. The third-order valence-electron chi connectivity index (χ3n) is 9.28. The van der Waals surface area contributed by atoms with Gasteiger partial charge >= 0.3 is 0 Å². The molecular formula is C33H50O2. The fourth-order valence-corrected chi connectivity index (χ4v) is 7.22. The maximum atomic E-state index is 5.39. The van der Waals surface area contributed by atoms with E-state index in [1.807, 2.05) is 0 Å². The van der Waals surface area contributed by atoms with Crippen LogP contribution in [0.3, 0.4) is 0 Å². The summed E-state index contributed by atoms with van der Waals surface area (Å²) in [4.78, 5) is 0. The smallest absolute Gasteiger partial charge is 0.0515 e. The van der Waals surface area contributed by atoms with Crippen molar-refractivity contribution in [3.63, 3.8) is 0 Å². The van der Waals surface area contributed by atoms with Crippen LogP contribution >= 0.6 is 0 Å². The van der Waals surface area contributed by atoms with Crippen LogP contribution in [0, 0.1) is 23.7 Å². The van der Waals surface area contributed by atoms with Crippen molar-refractivity contribution in [3.05, 3.63) is 47.5 Å². The molecule has 4 rings (SSSR count). The first-order valence-corrected chi connectivity index (χ1v) is 14.7. The molecule has 0 unspecified atom stereocenters. The molecule has 2 aromatic rings. The normalized spacial score (nSPS) is 25.4. The lowest BCUT2D eigenvalue weighted by molar-refractivity contribution is 0.0849. The van der Waals surface area contributed by atoms with Gasteiger partial charge in [-0.05, 0) is 90.5 Å². The molecule has 0 aliphatic heterocycles. The van der Waals surface area contributed by atoms with Crippen molar-refractivity contribution in [3.8, 4) is 0 Å². The molecular weight excluding hydrogens is 428 g/mol. The Morgan fingerprint density at radius 3 is 2.03 bits per heavy atom. The highest BCUT2D eigenvalue weighted by atomic mass is 16.5. The Hall–Kier alpha value is -1.38. The Kier molecular flexibility index (Phi) is 10.5. The SMILES string of the molecule is CCCCCC1CCC(C2CCC(c3ccc4cc(CC(COC)COC)ccc4c3)CC2)CC1. The van der Waals surface area contributed by atoms with Crippen LogP contribution in [0.1, 0.15) is 101 Å². The highest BCUT2D eigenvalue weighted by Gasteiger charge is 2.31. The van der Waals surface area contributed by atoms with Gasteiger partial charge in [0.05, 0.1) is 13.2 Å². The Bertz CT molecular complexity index is 868. The Labute approximate surface area is 215 Å². The van der Waals surface area contributed by atoms with Gasteiger partial charge in [-0.15, -0.1) is 0 Å². The molecule has 0 bridgehead atoms. The van der Waals surface area contributed by atoms with Gasteiger partial charge in [0.1, 0.15) is 0 Å². The van der Waals surface area contributed by atoms with E-state index in [-0.39, 0.29) is 0 Å². The second kappa shape index (κ2) is 13.8. The molecule has 0 radical (unpaired) electrons. The molecule has 0 amide bonds.